The molecular weight excluding hydrogens is 302 g/mol. The average molecular weight is 316 g/mol. The van der Waals surface area contributed by atoms with Gasteiger partial charge in [0.1, 0.15) is 11.8 Å². The molecule has 0 spiro atoms. The minimum atomic E-state index is -1.04. The number of aliphatic carboxylic acids is 1. The monoisotopic (exact) mass is 315 g/mol. The lowest BCUT2D eigenvalue weighted by Crippen LogP contribution is -2.40. The van der Waals surface area contributed by atoms with Crippen LogP contribution in [-0.2, 0) is 4.79 Å². The normalized spacial score (nSPS) is 11.7. The van der Waals surface area contributed by atoms with Crippen LogP contribution >= 0.6 is 15.9 Å². The fourth-order valence-electron chi connectivity index (χ4n) is 1.39. The summed E-state index contributed by atoms with van der Waals surface area (Å²) in [5.41, 5.74) is 0.377. The van der Waals surface area contributed by atoms with Crippen molar-refractivity contribution in [3.05, 3.63) is 28.2 Å². The Kier molecular flexibility index (Phi) is 5.15. The van der Waals surface area contributed by atoms with E-state index in [0.29, 0.717) is 22.2 Å². The second-order valence-corrected chi connectivity index (χ2v) is 4.48. The van der Waals surface area contributed by atoms with Crippen molar-refractivity contribution in [3.8, 4) is 5.75 Å². The Bertz CT molecular complexity index is 461. The van der Waals surface area contributed by atoms with Gasteiger partial charge in [0.25, 0.3) is 5.91 Å². The molecule has 0 saturated carbocycles. The summed E-state index contributed by atoms with van der Waals surface area (Å²) in [6, 6.07) is 3.93. The molecule has 1 rings (SSSR count). The fourth-order valence-corrected chi connectivity index (χ4v) is 1.93. The largest absolute Gasteiger partial charge is 0.496 e. The van der Waals surface area contributed by atoms with Gasteiger partial charge in [-0.2, -0.15) is 0 Å². The van der Waals surface area contributed by atoms with Crippen molar-refractivity contribution < 1.29 is 19.4 Å². The molecule has 6 heteroatoms. The summed E-state index contributed by atoms with van der Waals surface area (Å²) in [4.78, 5) is 22.7. The van der Waals surface area contributed by atoms with Gasteiger partial charge in [-0.05, 0) is 40.5 Å². The minimum Gasteiger partial charge on any atom is -0.496 e. The van der Waals surface area contributed by atoms with Crippen LogP contribution in [0.3, 0.4) is 0 Å². The Morgan fingerprint density at radius 1 is 1.50 bits per heavy atom. The molecule has 2 N–H and O–H groups in total. The Labute approximate surface area is 113 Å². The molecule has 0 fully saturated rings. The molecule has 98 valence electrons. The maximum atomic E-state index is 11.8. The maximum absolute atomic E-state index is 11.8. The number of carboxylic acid groups (broad SMARTS) is 1. The molecule has 0 aliphatic carbocycles. The number of hydrogen-bond donors (Lipinski definition) is 2. The number of nitrogens with one attached hydrogen (secondary N) is 1. The molecule has 0 radical (unpaired) electrons. The lowest BCUT2D eigenvalue weighted by Gasteiger charge is -2.12. The van der Waals surface area contributed by atoms with Crippen LogP contribution in [0.5, 0.6) is 5.75 Å². The molecule has 1 aromatic carbocycles. The first kappa shape index (κ1) is 14.5. The van der Waals surface area contributed by atoms with E-state index >= 15 is 0 Å². The van der Waals surface area contributed by atoms with E-state index in [1.54, 1.807) is 25.1 Å². The van der Waals surface area contributed by atoms with Crippen LogP contribution in [-0.4, -0.2) is 30.1 Å². The quantitative estimate of drug-likeness (QED) is 0.872. The highest BCUT2D eigenvalue weighted by Gasteiger charge is 2.18. The van der Waals surface area contributed by atoms with E-state index in [2.05, 4.69) is 21.2 Å². The zero-order valence-corrected chi connectivity index (χ0v) is 11.7. The Morgan fingerprint density at radius 3 is 2.61 bits per heavy atom. The van der Waals surface area contributed by atoms with Gasteiger partial charge in [0.2, 0.25) is 0 Å². The van der Waals surface area contributed by atoms with Crippen molar-refractivity contribution in [2.24, 2.45) is 0 Å². The van der Waals surface area contributed by atoms with Crippen LogP contribution in [0.25, 0.3) is 0 Å². The molecule has 0 heterocycles. The zero-order valence-electron chi connectivity index (χ0n) is 10.1. The Balaban J connectivity index is 2.84. The third-order valence-corrected chi connectivity index (χ3v) is 3.05. The number of amides is 1. The third kappa shape index (κ3) is 3.46. The second kappa shape index (κ2) is 6.39. The second-order valence-electron chi connectivity index (χ2n) is 3.62. The van der Waals surface area contributed by atoms with Crippen molar-refractivity contribution in [1.82, 2.24) is 5.32 Å². The zero-order chi connectivity index (χ0) is 13.7. The van der Waals surface area contributed by atoms with Crippen molar-refractivity contribution in [2.75, 3.05) is 7.11 Å². The van der Waals surface area contributed by atoms with Crippen LogP contribution < -0.4 is 10.1 Å². The molecule has 1 amide bonds. The number of methoxy groups -OCH3 is 1. The van der Waals surface area contributed by atoms with Gasteiger partial charge in [0, 0.05) is 5.56 Å². The van der Waals surface area contributed by atoms with Gasteiger partial charge in [-0.25, -0.2) is 4.79 Å². The van der Waals surface area contributed by atoms with E-state index in [1.807, 2.05) is 0 Å². The van der Waals surface area contributed by atoms with Crippen LogP contribution in [0, 0.1) is 0 Å². The number of ether oxygens (including phenoxy) is 1. The summed E-state index contributed by atoms with van der Waals surface area (Å²) in [5.74, 6) is -0.858. The molecule has 0 bridgehead atoms. The summed E-state index contributed by atoms with van der Waals surface area (Å²) in [6.07, 6.45) is 0.332. The summed E-state index contributed by atoms with van der Waals surface area (Å²) in [7, 11) is 1.53. The molecule has 0 aliphatic rings. The number of carbonyl (C=O) groups is 2. The number of carboxylic acids is 1. The van der Waals surface area contributed by atoms with Gasteiger partial charge in [0.05, 0.1) is 11.6 Å². The topological polar surface area (TPSA) is 75.6 Å². The van der Waals surface area contributed by atoms with Crippen LogP contribution in [0.4, 0.5) is 0 Å². The highest BCUT2D eigenvalue weighted by atomic mass is 79.9. The third-order valence-electron chi connectivity index (χ3n) is 2.43. The standard InChI is InChI=1S/C12H14BrNO4/c1-3-9(12(16)17)14-11(15)7-4-5-10(18-2)8(13)6-7/h4-6,9H,3H2,1-2H3,(H,14,15)(H,16,17)/t9-/m1/s1. The summed E-state index contributed by atoms with van der Waals surface area (Å²) in [6.45, 7) is 1.70. The minimum absolute atomic E-state index is 0.332. The van der Waals surface area contributed by atoms with Crippen LogP contribution in [0.15, 0.2) is 22.7 Å². The molecule has 0 unspecified atom stereocenters. The summed E-state index contributed by atoms with van der Waals surface area (Å²) >= 11 is 3.27. The summed E-state index contributed by atoms with van der Waals surface area (Å²) < 4.78 is 5.69. The first-order valence-electron chi connectivity index (χ1n) is 5.36. The molecular formula is C12H14BrNO4. The Hall–Kier alpha value is -1.56. The average Bonchev–Trinajstić information content (AvgIpc) is 2.35. The lowest BCUT2D eigenvalue weighted by atomic mass is 10.1. The predicted octanol–water partition coefficient (Wildman–Crippen LogP) is 2.05. The van der Waals surface area contributed by atoms with Crippen molar-refractivity contribution in [1.29, 1.82) is 0 Å². The van der Waals surface area contributed by atoms with E-state index in [4.69, 9.17) is 9.84 Å². The predicted molar refractivity (Wildman–Crippen MR) is 69.9 cm³/mol. The molecule has 0 saturated heterocycles. The first-order chi connectivity index (χ1) is 8.49. The van der Waals surface area contributed by atoms with Crippen molar-refractivity contribution in [2.45, 2.75) is 19.4 Å². The van der Waals surface area contributed by atoms with E-state index in [0.717, 1.165) is 0 Å². The van der Waals surface area contributed by atoms with E-state index in [1.165, 1.54) is 7.11 Å². The highest BCUT2D eigenvalue weighted by molar-refractivity contribution is 9.10. The SMILES string of the molecule is CC[C@@H](NC(=O)c1ccc(OC)c(Br)c1)C(=O)O. The highest BCUT2D eigenvalue weighted by Crippen LogP contribution is 2.25. The number of hydrogen-bond acceptors (Lipinski definition) is 3. The molecule has 1 atom stereocenters. The first-order valence-corrected chi connectivity index (χ1v) is 6.16. The van der Waals surface area contributed by atoms with E-state index in [-0.39, 0.29) is 0 Å². The van der Waals surface area contributed by atoms with Gasteiger partial charge in [0.15, 0.2) is 0 Å². The lowest BCUT2D eigenvalue weighted by molar-refractivity contribution is -0.139. The van der Waals surface area contributed by atoms with Crippen molar-refractivity contribution >= 4 is 27.8 Å². The van der Waals surface area contributed by atoms with Gasteiger partial charge in [-0.15, -0.1) is 0 Å². The number of benzene rings is 1. The molecule has 5 nitrogen and oxygen atoms in total. The van der Waals surface area contributed by atoms with E-state index in [9.17, 15) is 9.59 Å². The van der Waals surface area contributed by atoms with Gasteiger partial charge >= 0.3 is 5.97 Å². The van der Waals surface area contributed by atoms with Crippen LogP contribution in [0.1, 0.15) is 23.7 Å². The van der Waals surface area contributed by atoms with Crippen molar-refractivity contribution in [3.63, 3.8) is 0 Å². The van der Waals surface area contributed by atoms with Gasteiger partial charge in [-0.1, -0.05) is 6.92 Å². The van der Waals surface area contributed by atoms with Gasteiger partial charge < -0.3 is 15.2 Å². The summed E-state index contributed by atoms with van der Waals surface area (Å²) in [5, 5.41) is 11.3. The van der Waals surface area contributed by atoms with E-state index < -0.39 is 17.9 Å². The fraction of sp³-hybridized carbons (Fsp3) is 0.333. The molecule has 0 aliphatic heterocycles. The number of carbonyl (C=O) groups excluding carboxylic acids is 1. The number of halogens is 1. The van der Waals surface area contributed by atoms with Crippen LogP contribution in [0.2, 0.25) is 0 Å². The number of rotatable bonds is 5. The smallest absolute Gasteiger partial charge is 0.326 e. The van der Waals surface area contributed by atoms with Gasteiger partial charge in [-0.3, -0.25) is 4.79 Å². The maximum Gasteiger partial charge on any atom is 0.326 e. The molecule has 18 heavy (non-hydrogen) atoms. The molecule has 0 aromatic heterocycles. The molecule has 1 aromatic rings. The Morgan fingerprint density at radius 2 is 2.17 bits per heavy atom.